The number of carboxylic acids is 1. The lowest BCUT2D eigenvalue weighted by molar-refractivity contribution is -0.136. The third-order valence-electron chi connectivity index (χ3n) is 2.94. The average molecular weight is 249 g/mol. The number of rotatable bonds is 6. The van der Waals surface area contributed by atoms with Crippen LogP contribution < -0.4 is 5.32 Å². The molecule has 0 amide bonds. The molecule has 0 aliphatic heterocycles. The summed E-state index contributed by atoms with van der Waals surface area (Å²) >= 11 is 0. The van der Waals surface area contributed by atoms with E-state index in [1.165, 1.54) is 5.56 Å². The summed E-state index contributed by atoms with van der Waals surface area (Å²) in [5.74, 6) is -0.863. The smallest absolute Gasteiger partial charge is 0.304 e. The van der Waals surface area contributed by atoms with E-state index in [1.54, 1.807) is 0 Å². The molecule has 1 rings (SSSR count). The van der Waals surface area contributed by atoms with Gasteiger partial charge in [-0.1, -0.05) is 6.07 Å². The van der Waals surface area contributed by atoms with E-state index in [9.17, 15) is 9.59 Å². The zero-order valence-corrected chi connectivity index (χ0v) is 11.0. The van der Waals surface area contributed by atoms with Crippen LogP contribution in [0.5, 0.6) is 0 Å². The molecule has 1 aromatic rings. The normalized spacial score (nSPS) is 10.4. The molecule has 0 unspecified atom stereocenters. The van der Waals surface area contributed by atoms with Gasteiger partial charge in [0.05, 0.1) is 13.0 Å². The Bertz CT molecular complexity index is 466. The first-order valence-electron chi connectivity index (χ1n) is 5.95. The van der Waals surface area contributed by atoms with Crippen LogP contribution in [0.4, 0.5) is 0 Å². The summed E-state index contributed by atoms with van der Waals surface area (Å²) in [6, 6.07) is 3.89. The Hall–Kier alpha value is -1.68. The van der Waals surface area contributed by atoms with Gasteiger partial charge in [0.15, 0.2) is 5.78 Å². The van der Waals surface area contributed by atoms with Gasteiger partial charge in [0.2, 0.25) is 0 Å². The van der Waals surface area contributed by atoms with Crippen LogP contribution in [0.1, 0.15) is 33.5 Å². The molecule has 0 fully saturated rings. The van der Waals surface area contributed by atoms with E-state index in [2.05, 4.69) is 5.32 Å². The summed E-state index contributed by atoms with van der Waals surface area (Å²) in [5.41, 5.74) is 3.93. The van der Waals surface area contributed by atoms with Crippen molar-refractivity contribution in [2.45, 2.75) is 27.2 Å². The van der Waals surface area contributed by atoms with Crippen LogP contribution in [0.2, 0.25) is 0 Å². The summed E-state index contributed by atoms with van der Waals surface area (Å²) in [4.78, 5) is 22.3. The number of carbonyl (C=O) groups is 2. The van der Waals surface area contributed by atoms with E-state index < -0.39 is 5.97 Å². The minimum absolute atomic E-state index is 0.000916. The Balaban J connectivity index is 2.62. The highest BCUT2D eigenvalue weighted by Gasteiger charge is 2.10. The molecule has 0 bridgehead atoms. The van der Waals surface area contributed by atoms with Gasteiger partial charge < -0.3 is 10.4 Å². The van der Waals surface area contributed by atoms with Gasteiger partial charge in [0, 0.05) is 12.1 Å². The number of aliphatic carboxylic acids is 1. The first kappa shape index (κ1) is 14.4. The SMILES string of the molecule is Cc1cc(C)c(C(=O)CNCCC(=O)O)cc1C. The molecule has 0 spiro atoms. The van der Waals surface area contributed by atoms with Crippen LogP contribution in [0.15, 0.2) is 12.1 Å². The maximum Gasteiger partial charge on any atom is 0.304 e. The van der Waals surface area contributed by atoms with E-state index in [0.717, 1.165) is 11.1 Å². The molecule has 1 aromatic carbocycles. The molecule has 4 heteroatoms. The summed E-state index contributed by atoms with van der Waals surface area (Å²) in [7, 11) is 0. The Morgan fingerprint density at radius 2 is 1.72 bits per heavy atom. The fourth-order valence-electron chi connectivity index (χ4n) is 1.75. The fraction of sp³-hybridized carbons (Fsp3) is 0.429. The number of aryl methyl sites for hydroxylation is 3. The molecule has 2 N–H and O–H groups in total. The highest BCUT2D eigenvalue weighted by molar-refractivity contribution is 5.99. The molecule has 0 aliphatic carbocycles. The first-order chi connectivity index (χ1) is 8.41. The van der Waals surface area contributed by atoms with E-state index in [1.807, 2.05) is 32.9 Å². The molecule has 98 valence electrons. The van der Waals surface area contributed by atoms with Crippen molar-refractivity contribution in [3.63, 3.8) is 0 Å². The topological polar surface area (TPSA) is 66.4 Å². The van der Waals surface area contributed by atoms with Crippen molar-refractivity contribution < 1.29 is 14.7 Å². The molecule has 0 saturated heterocycles. The van der Waals surface area contributed by atoms with Crippen molar-refractivity contribution in [1.82, 2.24) is 5.32 Å². The zero-order chi connectivity index (χ0) is 13.7. The number of ketones is 1. The van der Waals surface area contributed by atoms with Gasteiger partial charge in [-0.3, -0.25) is 9.59 Å². The molecule has 18 heavy (non-hydrogen) atoms. The predicted octanol–water partition coefficient (Wildman–Crippen LogP) is 1.86. The Morgan fingerprint density at radius 3 is 2.33 bits per heavy atom. The van der Waals surface area contributed by atoms with Crippen LogP contribution in [-0.4, -0.2) is 29.9 Å². The van der Waals surface area contributed by atoms with E-state index >= 15 is 0 Å². The highest BCUT2D eigenvalue weighted by Crippen LogP contribution is 2.15. The lowest BCUT2D eigenvalue weighted by Crippen LogP contribution is -2.26. The number of nitrogens with one attached hydrogen (secondary N) is 1. The largest absolute Gasteiger partial charge is 0.481 e. The molecule has 0 saturated carbocycles. The van der Waals surface area contributed by atoms with Gasteiger partial charge in [0.25, 0.3) is 0 Å². The van der Waals surface area contributed by atoms with Gasteiger partial charge in [-0.05, 0) is 43.5 Å². The molecular weight excluding hydrogens is 230 g/mol. The summed E-state index contributed by atoms with van der Waals surface area (Å²) in [6.45, 7) is 6.39. The summed E-state index contributed by atoms with van der Waals surface area (Å²) < 4.78 is 0. The molecule has 0 atom stereocenters. The summed E-state index contributed by atoms with van der Waals surface area (Å²) in [6.07, 6.45) is 0.0270. The van der Waals surface area contributed by atoms with Crippen LogP contribution in [0.3, 0.4) is 0 Å². The van der Waals surface area contributed by atoms with Crippen LogP contribution >= 0.6 is 0 Å². The van der Waals surface area contributed by atoms with Gasteiger partial charge in [-0.2, -0.15) is 0 Å². The second-order valence-corrected chi connectivity index (χ2v) is 4.50. The van der Waals surface area contributed by atoms with Crippen molar-refractivity contribution in [2.75, 3.05) is 13.1 Å². The maximum absolute atomic E-state index is 12.0. The molecule has 0 aromatic heterocycles. The Labute approximate surface area is 107 Å². The second kappa shape index (κ2) is 6.31. The molecule has 0 radical (unpaired) electrons. The fourth-order valence-corrected chi connectivity index (χ4v) is 1.75. The van der Waals surface area contributed by atoms with Crippen molar-refractivity contribution in [3.8, 4) is 0 Å². The first-order valence-corrected chi connectivity index (χ1v) is 5.95. The van der Waals surface area contributed by atoms with Gasteiger partial charge in [0.1, 0.15) is 0 Å². The number of carboxylic acid groups (broad SMARTS) is 1. The standard InChI is InChI=1S/C14H19NO3/c1-9-6-11(3)12(7-10(9)2)13(16)8-15-5-4-14(17)18/h6-7,15H,4-5,8H2,1-3H3,(H,17,18). The third-order valence-corrected chi connectivity index (χ3v) is 2.94. The molecule has 0 aliphatic rings. The average Bonchev–Trinajstić information content (AvgIpc) is 2.28. The van der Waals surface area contributed by atoms with Crippen LogP contribution in [0, 0.1) is 20.8 Å². The number of benzene rings is 1. The number of Topliss-reactive ketones (excluding diaryl/α,β-unsaturated/α-hetero) is 1. The number of carbonyl (C=O) groups excluding carboxylic acids is 1. The van der Waals surface area contributed by atoms with Gasteiger partial charge in [-0.15, -0.1) is 0 Å². The molecular formula is C14H19NO3. The predicted molar refractivity (Wildman–Crippen MR) is 70.1 cm³/mol. The minimum Gasteiger partial charge on any atom is -0.481 e. The van der Waals surface area contributed by atoms with Crippen LogP contribution in [0.25, 0.3) is 0 Å². The summed E-state index contributed by atoms with van der Waals surface area (Å²) in [5, 5.41) is 11.3. The lowest BCUT2D eigenvalue weighted by atomic mass is 9.98. The number of hydrogen-bond acceptors (Lipinski definition) is 3. The van der Waals surface area contributed by atoms with Gasteiger partial charge >= 0.3 is 5.97 Å². The van der Waals surface area contributed by atoms with E-state index in [0.29, 0.717) is 12.1 Å². The van der Waals surface area contributed by atoms with Gasteiger partial charge in [-0.25, -0.2) is 0 Å². The Morgan fingerprint density at radius 1 is 1.11 bits per heavy atom. The quantitative estimate of drug-likeness (QED) is 0.596. The van der Waals surface area contributed by atoms with E-state index in [4.69, 9.17) is 5.11 Å². The number of hydrogen-bond donors (Lipinski definition) is 2. The lowest BCUT2D eigenvalue weighted by Gasteiger charge is -2.09. The van der Waals surface area contributed by atoms with Crippen molar-refractivity contribution >= 4 is 11.8 Å². The van der Waals surface area contributed by atoms with Crippen molar-refractivity contribution in [2.24, 2.45) is 0 Å². The molecule has 0 heterocycles. The maximum atomic E-state index is 12.0. The van der Waals surface area contributed by atoms with Crippen LogP contribution in [-0.2, 0) is 4.79 Å². The Kier molecular flexibility index (Phi) is 5.04. The molecule has 4 nitrogen and oxygen atoms in total. The third kappa shape index (κ3) is 3.96. The van der Waals surface area contributed by atoms with E-state index in [-0.39, 0.29) is 18.7 Å². The van der Waals surface area contributed by atoms with Crippen molar-refractivity contribution in [1.29, 1.82) is 0 Å². The zero-order valence-electron chi connectivity index (χ0n) is 11.0. The monoisotopic (exact) mass is 249 g/mol. The highest BCUT2D eigenvalue weighted by atomic mass is 16.4. The minimum atomic E-state index is -0.864. The second-order valence-electron chi connectivity index (χ2n) is 4.50. The van der Waals surface area contributed by atoms with Crippen molar-refractivity contribution in [3.05, 3.63) is 34.4 Å².